The van der Waals surface area contributed by atoms with E-state index < -0.39 is 81.9 Å². The fraction of sp³-hybridized carbons (Fsp3) is 0.455. The molecule has 8 atom stereocenters. The van der Waals surface area contributed by atoms with Crippen LogP contribution in [0.1, 0.15) is 33.2 Å². The number of pyridine rings is 2. The minimum absolute atomic E-state index is 0.124. The maximum absolute atomic E-state index is 12.4. The highest BCUT2D eigenvalue weighted by Gasteiger charge is 2.51. The number of carbonyl (C=O) groups excluding carboxylic acids is 2. The van der Waals surface area contributed by atoms with Gasteiger partial charge in [0.1, 0.15) is 35.5 Å². The van der Waals surface area contributed by atoms with Gasteiger partial charge >= 0.3 is 7.82 Å². The van der Waals surface area contributed by atoms with E-state index in [0.29, 0.717) is 0 Å². The molecular weight excluding hydrogens is 543 g/mol. The van der Waals surface area contributed by atoms with Gasteiger partial charge in [-0.1, -0.05) is 0 Å². The highest BCUT2D eigenvalue weighted by atomic mass is 31.2. The van der Waals surface area contributed by atoms with Crippen LogP contribution in [0.15, 0.2) is 49.1 Å². The first-order chi connectivity index (χ1) is 18.4. The Labute approximate surface area is 221 Å². The summed E-state index contributed by atoms with van der Waals surface area (Å²) in [7, 11) is -4.80. The molecule has 212 valence electrons. The van der Waals surface area contributed by atoms with E-state index in [1.165, 1.54) is 58.2 Å². The summed E-state index contributed by atoms with van der Waals surface area (Å²) in [6, 6.07) is 5.85. The SMILES string of the molecule is NC(=O)c1ccc[n+]([C@@H]2OC(COP(=O)(O)OCC3O[C@@H]([n+]4cccc(C(N)=O)c4)[C@H](O)[C@@H]3O)[C@@H](O)[C@H]2O)c1. The van der Waals surface area contributed by atoms with E-state index in [1.807, 2.05) is 0 Å². The number of aliphatic hydroxyl groups excluding tert-OH is 4. The van der Waals surface area contributed by atoms with Crippen LogP contribution in [0.2, 0.25) is 0 Å². The Balaban J connectivity index is 1.33. The number of nitrogens with two attached hydrogens (primary N) is 2. The lowest BCUT2D eigenvalue weighted by Crippen LogP contribution is -2.46. The molecule has 2 aliphatic rings. The van der Waals surface area contributed by atoms with Crippen LogP contribution in [0.4, 0.5) is 0 Å². The molecule has 0 radical (unpaired) electrons. The van der Waals surface area contributed by atoms with Crippen molar-refractivity contribution in [3.05, 3.63) is 60.2 Å². The van der Waals surface area contributed by atoms with E-state index in [4.69, 9.17) is 30.0 Å². The van der Waals surface area contributed by atoms with Crippen LogP contribution in [0, 0.1) is 0 Å². The van der Waals surface area contributed by atoms with Crippen LogP contribution in [-0.4, -0.2) is 87.0 Å². The Morgan fingerprint density at radius 1 is 0.795 bits per heavy atom. The van der Waals surface area contributed by atoms with Crippen molar-refractivity contribution in [2.24, 2.45) is 11.5 Å². The van der Waals surface area contributed by atoms with Crippen molar-refractivity contribution in [3.8, 4) is 0 Å². The molecule has 2 aromatic rings. The third-order valence-corrected chi connectivity index (χ3v) is 7.23. The van der Waals surface area contributed by atoms with Crippen LogP contribution in [0.5, 0.6) is 0 Å². The van der Waals surface area contributed by atoms with E-state index in [2.05, 4.69) is 0 Å². The van der Waals surface area contributed by atoms with E-state index in [9.17, 15) is 39.5 Å². The number of hydrogen-bond acceptors (Lipinski definition) is 11. The topological polar surface area (TPSA) is 249 Å². The molecule has 4 rings (SSSR count). The van der Waals surface area contributed by atoms with Crippen LogP contribution in [0.25, 0.3) is 0 Å². The van der Waals surface area contributed by atoms with Crippen molar-refractivity contribution in [3.63, 3.8) is 0 Å². The molecule has 16 nitrogen and oxygen atoms in total. The Bertz CT molecular complexity index is 1180. The monoisotopic (exact) mass is 572 g/mol. The molecule has 4 heterocycles. The Hall–Kier alpha value is -2.89. The molecule has 39 heavy (non-hydrogen) atoms. The molecule has 0 saturated carbocycles. The standard InChI is InChI=1S/C22H27N4O12P/c23-19(31)11-3-1-5-25(7-11)21-17(29)15(27)13(37-21)9-35-39(33,34)36-10-14-16(28)18(30)22(38-14)26-6-2-4-12(8-26)20(24)32/h1-8,13-18,21-22,27-30H,9-10H2,(H3-2,23,24,31,32,33,34)/p+2/t13?,14?,15-,16-,17-,18-,21-,22-/m1/s1. The summed E-state index contributed by atoms with van der Waals surface area (Å²) in [6.45, 7) is -1.35. The first-order valence-electron chi connectivity index (χ1n) is 11.6. The normalized spacial score (nSPS) is 32.1. The zero-order valence-electron chi connectivity index (χ0n) is 20.2. The summed E-state index contributed by atoms with van der Waals surface area (Å²) in [5.41, 5.74) is 10.8. The third kappa shape index (κ3) is 6.47. The molecule has 17 heteroatoms. The van der Waals surface area contributed by atoms with Crippen molar-refractivity contribution in [2.75, 3.05) is 13.2 Å². The Morgan fingerprint density at radius 2 is 1.18 bits per heavy atom. The van der Waals surface area contributed by atoms with Gasteiger partial charge in [0.25, 0.3) is 24.3 Å². The highest BCUT2D eigenvalue weighted by molar-refractivity contribution is 7.47. The van der Waals surface area contributed by atoms with Gasteiger partial charge in [-0.3, -0.25) is 18.6 Å². The predicted octanol–water partition coefficient (Wildman–Crippen LogP) is -3.47. The van der Waals surface area contributed by atoms with Crippen molar-refractivity contribution >= 4 is 19.6 Å². The highest BCUT2D eigenvalue weighted by Crippen LogP contribution is 2.45. The lowest BCUT2D eigenvalue weighted by atomic mass is 10.1. The van der Waals surface area contributed by atoms with Gasteiger partial charge in [0.05, 0.1) is 13.2 Å². The minimum Gasteiger partial charge on any atom is -0.387 e. The number of ether oxygens (including phenoxy) is 2. The molecule has 0 aromatic carbocycles. The lowest BCUT2D eigenvalue weighted by Gasteiger charge is -2.19. The molecule has 2 aliphatic heterocycles. The second-order valence-electron chi connectivity index (χ2n) is 8.96. The second kappa shape index (κ2) is 11.7. The van der Waals surface area contributed by atoms with Crippen LogP contribution in [-0.2, 0) is 23.1 Å². The summed E-state index contributed by atoms with van der Waals surface area (Å²) < 4.78 is 36.0. The fourth-order valence-corrected chi connectivity index (χ4v) is 4.94. The third-order valence-electron chi connectivity index (χ3n) is 6.28. The maximum atomic E-state index is 12.4. The summed E-state index contributed by atoms with van der Waals surface area (Å²) in [4.78, 5) is 32.9. The van der Waals surface area contributed by atoms with Gasteiger partial charge in [-0.05, 0) is 12.1 Å². The lowest BCUT2D eigenvalue weighted by molar-refractivity contribution is -0.766. The first-order valence-corrected chi connectivity index (χ1v) is 13.1. The zero-order valence-corrected chi connectivity index (χ0v) is 21.1. The zero-order chi connectivity index (χ0) is 28.5. The number of phosphoric ester groups is 1. The Kier molecular flexibility index (Phi) is 8.72. The number of aliphatic hydroxyl groups is 4. The van der Waals surface area contributed by atoms with Crippen molar-refractivity contribution in [1.29, 1.82) is 0 Å². The van der Waals surface area contributed by atoms with E-state index in [0.717, 1.165) is 0 Å². The van der Waals surface area contributed by atoms with Gasteiger partial charge in [-0.2, -0.15) is 9.13 Å². The van der Waals surface area contributed by atoms with Gasteiger partial charge in [0.2, 0.25) is 0 Å². The molecule has 2 unspecified atom stereocenters. The van der Waals surface area contributed by atoms with Crippen molar-refractivity contribution in [1.82, 2.24) is 0 Å². The minimum atomic E-state index is -4.80. The van der Waals surface area contributed by atoms with Crippen LogP contribution >= 0.6 is 7.82 Å². The van der Waals surface area contributed by atoms with Gasteiger partial charge in [0.15, 0.2) is 37.0 Å². The van der Waals surface area contributed by atoms with Crippen molar-refractivity contribution < 1.29 is 67.1 Å². The number of rotatable bonds is 10. The molecule has 2 fully saturated rings. The molecular formula is C22H29N4O12P+2. The van der Waals surface area contributed by atoms with E-state index in [1.54, 1.807) is 0 Å². The van der Waals surface area contributed by atoms with E-state index in [-0.39, 0.29) is 11.1 Å². The summed E-state index contributed by atoms with van der Waals surface area (Å²) >= 11 is 0. The first kappa shape index (κ1) is 29.1. The molecule has 0 aliphatic carbocycles. The largest absolute Gasteiger partial charge is 0.472 e. The molecule has 2 aromatic heterocycles. The average Bonchev–Trinajstić information content (AvgIpc) is 3.36. The van der Waals surface area contributed by atoms with Crippen molar-refractivity contribution in [2.45, 2.75) is 49.1 Å². The van der Waals surface area contributed by atoms with Gasteiger partial charge in [-0.15, -0.1) is 0 Å². The number of aromatic nitrogens is 2. The number of nitrogens with zero attached hydrogens (tertiary/aromatic N) is 2. The average molecular weight is 572 g/mol. The number of amides is 2. The van der Waals surface area contributed by atoms with E-state index >= 15 is 0 Å². The van der Waals surface area contributed by atoms with Crippen LogP contribution in [0.3, 0.4) is 0 Å². The number of carbonyl (C=O) groups is 2. The van der Waals surface area contributed by atoms with Crippen LogP contribution < -0.4 is 20.6 Å². The molecule has 0 spiro atoms. The summed E-state index contributed by atoms with van der Waals surface area (Å²) in [6.07, 6.45) is -5.27. The van der Waals surface area contributed by atoms with Gasteiger partial charge in [0, 0.05) is 12.1 Å². The maximum Gasteiger partial charge on any atom is 0.472 e. The summed E-state index contributed by atoms with van der Waals surface area (Å²) in [5, 5.41) is 41.4. The summed E-state index contributed by atoms with van der Waals surface area (Å²) in [5.74, 6) is -1.44. The molecule has 2 saturated heterocycles. The molecule has 0 bridgehead atoms. The molecule has 2 amide bonds. The van der Waals surface area contributed by atoms with Gasteiger partial charge < -0.3 is 46.3 Å². The number of primary amides is 2. The number of hydrogen-bond donors (Lipinski definition) is 7. The Morgan fingerprint density at radius 3 is 1.54 bits per heavy atom. The quantitative estimate of drug-likeness (QED) is 0.108. The smallest absolute Gasteiger partial charge is 0.387 e. The second-order valence-corrected chi connectivity index (χ2v) is 10.4. The predicted molar refractivity (Wildman–Crippen MR) is 124 cm³/mol. The fourth-order valence-electron chi connectivity index (χ4n) is 4.19. The van der Waals surface area contributed by atoms with Gasteiger partial charge in [-0.25, -0.2) is 4.57 Å². The number of phosphoric acid groups is 1. The molecule has 9 N–H and O–H groups in total.